The van der Waals surface area contributed by atoms with Crippen LogP contribution in [0.4, 0.5) is 15.9 Å². The molecular formula is C24H24FN3O8. The average Bonchev–Trinajstić information content (AvgIpc) is 3.42. The van der Waals surface area contributed by atoms with Crippen molar-refractivity contribution < 1.29 is 43.8 Å². The number of aromatic nitrogens is 2. The molecule has 11 nitrogen and oxygen atoms in total. The number of aliphatic hydroxyl groups is 3. The summed E-state index contributed by atoms with van der Waals surface area (Å²) in [6.45, 7) is 0. The molecule has 5 N–H and O–H groups in total. The topological polar surface area (TPSA) is 158 Å². The number of halogens is 1. The molecule has 0 spiro atoms. The molecule has 5 unspecified atom stereocenters. The molecule has 2 heterocycles. The highest BCUT2D eigenvalue weighted by atomic mass is 19.1. The number of methoxy groups -OCH3 is 2. The summed E-state index contributed by atoms with van der Waals surface area (Å²) in [5.74, 6) is -0.860. The number of anilines is 2. The Morgan fingerprint density at radius 1 is 1.11 bits per heavy atom. The number of nitrogens with one attached hydrogen (secondary N) is 1. The first-order chi connectivity index (χ1) is 17.2. The van der Waals surface area contributed by atoms with Crippen molar-refractivity contribution in [2.24, 2.45) is 0 Å². The van der Waals surface area contributed by atoms with Gasteiger partial charge in [-0.2, -0.15) is 5.10 Å². The number of rotatable bonds is 6. The van der Waals surface area contributed by atoms with Crippen molar-refractivity contribution in [2.75, 3.05) is 19.1 Å². The van der Waals surface area contributed by atoms with Crippen LogP contribution in [0, 0.1) is 5.82 Å². The summed E-state index contributed by atoms with van der Waals surface area (Å²) >= 11 is 0. The predicted octanol–water partition coefficient (Wildman–Crippen LogP) is 1.17. The number of carbonyl (C=O) groups is 1. The number of H-pyrrole nitrogens is 1. The van der Waals surface area contributed by atoms with Crippen LogP contribution in [-0.4, -0.2) is 81.5 Å². The van der Waals surface area contributed by atoms with Crippen LogP contribution in [0.1, 0.15) is 11.1 Å². The molecule has 1 fully saturated rings. The van der Waals surface area contributed by atoms with Gasteiger partial charge in [0, 0.05) is 23.2 Å². The van der Waals surface area contributed by atoms with Gasteiger partial charge in [0.15, 0.2) is 29.6 Å². The largest absolute Gasteiger partial charge is 0.493 e. The van der Waals surface area contributed by atoms with Crippen LogP contribution in [-0.2, 0) is 16.0 Å². The Hall–Kier alpha value is -3.71. The van der Waals surface area contributed by atoms with Gasteiger partial charge < -0.3 is 34.6 Å². The third-order valence-corrected chi connectivity index (χ3v) is 6.49. The lowest BCUT2D eigenvalue weighted by molar-refractivity contribution is -0.225. The van der Waals surface area contributed by atoms with Gasteiger partial charge in [-0.25, -0.2) is 9.18 Å². The third kappa shape index (κ3) is 3.75. The van der Waals surface area contributed by atoms with E-state index in [1.54, 1.807) is 6.07 Å². The summed E-state index contributed by atoms with van der Waals surface area (Å²) in [5.41, 5.74) is 3.17. The zero-order valence-electron chi connectivity index (χ0n) is 19.3. The van der Waals surface area contributed by atoms with E-state index in [-0.39, 0.29) is 11.5 Å². The van der Waals surface area contributed by atoms with Gasteiger partial charge >= 0.3 is 5.97 Å². The van der Waals surface area contributed by atoms with Gasteiger partial charge in [-0.05, 0) is 35.9 Å². The monoisotopic (exact) mass is 501 g/mol. The minimum atomic E-state index is -1.88. The second-order valence-electron chi connectivity index (χ2n) is 8.55. The van der Waals surface area contributed by atoms with Crippen LogP contribution in [0.15, 0.2) is 36.4 Å². The molecule has 0 radical (unpaired) electrons. The lowest BCUT2D eigenvalue weighted by Crippen LogP contribution is -2.63. The molecule has 190 valence electrons. The number of hydrogen-bond acceptors (Lipinski definition) is 9. The highest BCUT2D eigenvalue weighted by molar-refractivity contribution is 5.82. The Balaban J connectivity index is 1.64. The molecule has 1 aromatic heterocycles. The fourth-order valence-electron chi connectivity index (χ4n) is 4.73. The maximum Gasteiger partial charge on any atom is 0.335 e. The van der Waals surface area contributed by atoms with E-state index in [2.05, 4.69) is 10.2 Å². The standard InChI is InChI=1S/C24H24FN3O8/c1-34-15-7-10-6-14-17(13(10)9-16(15)35-2)26-27-22(14)28(12-5-3-4-11(25)8-12)23-20(31)18(29)19(30)21(36-23)24(32)33/h3-5,7-9,18-21,23,29-31H,6H2,1-2H3,(H,26,27)(H,32,33). The lowest BCUT2D eigenvalue weighted by atomic mass is 9.97. The number of nitrogens with zero attached hydrogens (tertiary/aromatic N) is 2. The number of carboxylic acids is 1. The number of ether oxygens (including phenoxy) is 3. The van der Waals surface area contributed by atoms with Crippen molar-refractivity contribution in [3.63, 3.8) is 0 Å². The van der Waals surface area contributed by atoms with Crippen LogP contribution in [0.3, 0.4) is 0 Å². The highest BCUT2D eigenvalue weighted by Crippen LogP contribution is 2.46. The molecule has 0 bridgehead atoms. The number of aliphatic carboxylic acids is 1. The molecule has 0 amide bonds. The van der Waals surface area contributed by atoms with Crippen LogP contribution in [0.2, 0.25) is 0 Å². The number of hydrogen-bond donors (Lipinski definition) is 5. The summed E-state index contributed by atoms with van der Waals surface area (Å²) in [7, 11) is 3.04. The molecule has 1 aliphatic heterocycles. The molecule has 3 aromatic rings. The van der Waals surface area contributed by atoms with Gasteiger partial charge in [0.2, 0.25) is 0 Å². The minimum absolute atomic E-state index is 0.187. The van der Waals surface area contributed by atoms with Gasteiger partial charge in [0.05, 0.1) is 19.9 Å². The smallest absolute Gasteiger partial charge is 0.335 e. The van der Waals surface area contributed by atoms with Crippen LogP contribution in [0.25, 0.3) is 11.3 Å². The van der Waals surface area contributed by atoms with E-state index < -0.39 is 42.4 Å². The summed E-state index contributed by atoms with van der Waals surface area (Å²) in [5, 5.41) is 48.3. The zero-order valence-corrected chi connectivity index (χ0v) is 19.3. The van der Waals surface area contributed by atoms with Gasteiger partial charge in [-0.1, -0.05) is 6.07 Å². The molecule has 12 heteroatoms. The summed E-state index contributed by atoms with van der Waals surface area (Å²) in [6, 6.07) is 8.97. The normalized spacial score (nSPS) is 24.7. The van der Waals surface area contributed by atoms with Gasteiger partial charge in [-0.15, -0.1) is 0 Å². The fourth-order valence-corrected chi connectivity index (χ4v) is 4.73. The highest BCUT2D eigenvalue weighted by Gasteiger charge is 2.50. The molecule has 1 saturated heterocycles. The summed E-state index contributed by atoms with van der Waals surface area (Å²) < 4.78 is 30.7. The van der Waals surface area contributed by atoms with Crippen molar-refractivity contribution in [2.45, 2.75) is 37.1 Å². The number of benzene rings is 2. The van der Waals surface area contributed by atoms with Crippen molar-refractivity contribution in [1.29, 1.82) is 0 Å². The van der Waals surface area contributed by atoms with Crippen molar-refractivity contribution in [3.05, 3.63) is 53.3 Å². The quantitative estimate of drug-likeness (QED) is 0.260. The summed E-state index contributed by atoms with van der Waals surface area (Å²) in [6.07, 6.45) is -8.47. The van der Waals surface area contributed by atoms with Gasteiger partial charge in [-0.3, -0.25) is 10.00 Å². The van der Waals surface area contributed by atoms with Gasteiger partial charge in [0.25, 0.3) is 0 Å². The van der Waals surface area contributed by atoms with Crippen LogP contribution in [0.5, 0.6) is 11.5 Å². The lowest BCUT2D eigenvalue weighted by Gasteiger charge is -2.44. The second-order valence-corrected chi connectivity index (χ2v) is 8.55. The molecule has 0 saturated carbocycles. The number of fused-ring (bicyclic) bond motifs is 3. The van der Waals surface area contributed by atoms with E-state index in [9.17, 15) is 29.6 Å². The summed E-state index contributed by atoms with van der Waals surface area (Å²) in [4.78, 5) is 13.0. The Kier molecular flexibility index (Phi) is 6.04. The number of aromatic amines is 1. The van der Waals surface area contributed by atoms with E-state index >= 15 is 0 Å². The molecule has 5 atom stereocenters. The van der Waals surface area contributed by atoms with Crippen molar-refractivity contribution in [1.82, 2.24) is 10.2 Å². The van der Waals surface area contributed by atoms with Gasteiger partial charge in [0.1, 0.15) is 24.1 Å². The number of aliphatic hydroxyl groups excluding tert-OH is 3. The fraction of sp³-hybridized carbons (Fsp3) is 0.333. The first-order valence-corrected chi connectivity index (χ1v) is 11.0. The van der Waals surface area contributed by atoms with Crippen molar-refractivity contribution in [3.8, 4) is 22.8 Å². The molecule has 1 aliphatic carbocycles. The second kappa shape index (κ2) is 9.06. The average molecular weight is 501 g/mol. The Morgan fingerprint density at radius 3 is 2.50 bits per heavy atom. The Labute approximate surface area is 204 Å². The van der Waals surface area contributed by atoms with Crippen LogP contribution < -0.4 is 14.4 Å². The molecule has 5 rings (SSSR count). The van der Waals surface area contributed by atoms with E-state index in [1.807, 2.05) is 6.07 Å². The predicted molar refractivity (Wildman–Crippen MR) is 123 cm³/mol. The van der Waals surface area contributed by atoms with E-state index in [0.29, 0.717) is 29.2 Å². The Bertz CT molecular complexity index is 1310. The molecular weight excluding hydrogens is 477 g/mol. The first kappa shape index (κ1) is 24.0. The minimum Gasteiger partial charge on any atom is -0.493 e. The molecule has 2 aliphatic rings. The molecule has 36 heavy (non-hydrogen) atoms. The maximum atomic E-state index is 14.3. The third-order valence-electron chi connectivity index (χ3n) is 6.49. The zero-order chi connectivity index (χ0) is 25.7. The maximum absolute atomic E-state index is 14.3. The van der Waals surface area contributed by atoms with Crippen molar-refractivity contribution >= 4 is 17.5 Å². The Morgan fingerprint density at radius 2 is 1.83 bits per heavy atom. The first-order valence-electron chi connectivity index (χ1n) is 11.0. The molecule has 2 aromatic carbocycles. The number of carboxylic acid groups (broad SMARTS) is 1. The van der Waals surface area contributed by atoms with Crippen LogP contribution >= 0.6 is 0 Å². The SMILES string of the molecule is COc1cc2c(cc1OC)-c1[nH]nc(N(c3cccc(F)c3)C3OC(C(=O)O)C(O)C(O)C3O)c1C2. The van der Waals surface area contributed by atoms with E-state index in [4.69, 9.17) is 14.2 Å². The van der Waals surface area contributed by atoms with E-state index in [0.717, 1.165) is 11.1 Å². The van der Waals surface area contributed by atoms with E-state index in [1.165, 1.54) is 43.4 Å².